The molecule has 37 heavy (non-hydrogen) atoms. The van der Waals surface area contributed by atoms with Crippen molar-refractivity contribution < 1.29 is 31.1 Å². The SMILES string of the molecule is CCn1c(COC(=O)C2CCN(c3ccc(C(F)(F)F)cn3)CC2)nc2cc(S(=O)(=O)N(C)C)ccc21. The van der Waals surface area contributed by atoms with Crippen LogP contribution in [0.2, 0.25) is 0 Å². The molecule has 0 N–H and O–H groups in total. The highest BCUT2D eigenvalue weighted by molar-refractivity contribution is 7.89. The number of aromatic nitrogens is 3. The fourth-order valence-corrected chi connectivity index (χ4v) is 5.25. The summed E-state index contributed by atoms with van der Waals surface area (Å²) in [6.45, 7) is 3.35. The lowest BCUT2D eigenvalue weighted by molar-refractivity contribution is -0.151. The topological polar surface area (TPSA) is 97.6 Å². The van der Waals surface area contributed by atoms with Crippen LogP contribution in [0.1, 0.15) is 31.2 Å². The Morgan fingerprint density at radius 2 is 1.86 bits per heavy atom. The van der Waals surface area contributed by atoms with Crippen molar-refractivity contribution in [2.24, 2.45) is 5.92 Å². The van der Waals surface area contributed by atoms with Gasteiger partial charge in [-0.05, 0) is 50.1 Å². The van der Waals surface area contributed by atoms with Crippen molar-refractivity contribution in [2.45, 2.75) is 44.0 Å². The molecular formula is C24H28F3N5O4S. The number of hydrogen-bond donors (Lipinski definition) is 0. The summed E-state index contributed by atoms with van der Waals surface area (Å²) >= 11 is 0. The van der Waals surface area contributed by atoms with E-state index in [2.05, 4.69) is 9.97 Å². The maximum atomic E-state index is 12.8. The number of hydrogen-bond acceptors (Lipinski definition) is 7. The van der Waals surface area contributed by atoms with Crippen molar-refractivity contribution >= 4 is 32.8 Å². The minimum absolute atomic E-state index is 0.0577. The van der Waals surface area contributed by atoms with Crippen LogP contribution < -0.4 is 4.90 Å². The van der Waals surface area contributed by atoms with Crippen LogP contribution in [0.25, 0.3) is 11.0 Å². The number of benzene rings is 1. The Kier molecular flexibility index (Phi) is 7.47. The summed E-state index contributed by atoms with van der Waals surface area (Å²) in [5.41, 5.74) is 0.431. The highest BCUT2D eigenvalue weighted by atomic mass is 32.2. The van der Waals surface area contributed by atoms with Crippen LogP contribution in [0.15, 0.2) is 41.4 Å². The van der Waals surface area contributed by atoms with Crippen LogP contribution in [0, 0.1) is 5.92 Å². The number of alkyl halides is 3. The molecule has 0 aliphatic carbocycles. The number of carbonyl (C=O) groups excluding carboxylic acids is 1. The number of carbonyl (C=O) groups is 1. The number of esters is 1. The molecule has 0 saturated carbocycles. The van der Waals surface area contributed by atoms with E-state index in [1.54, 1.807) is 6.07 Å². The number of halogens is 3. The van der Waals surface area contributed by atoms with E-state index >= 15 is 0 Å². The molecule has 3 heterocycles. The molecule has 9 nitrogen and oxygen atoms in total. The Labute approximate surface area is 212 Å². The number of aryl methyl sites for hydroxylation is 1. The van der Waals surface area contributed by atoms with Crippen LogP contribution in [0.3, 0.4) is 0 Å². The number of rotatable bonds is 7. The van der Waals surface area contributed by atoms with Gasteiger partial charge in [0, 0.05) is 39.9 Å². The molecule has 0 radical (unpaired) electrons. The minimum atomic E-state index is -4.44. The van der Waals surface area contributed by atoms with Gasteiger partial charge in [-0.15, -0.1) is 0 Å². The average molecular weight is 540 g/mol. The monoisotopic (exact) mass is 539 g/mol. The summed E-state index contributed by atoms with van der Waals surface area (Å²) in [7, 11) is -0.696. The second-order valence-electron chi connectivity index (χ2n) is 8.98. The zero-order valence-corrected chi connectivity index (χ0v) is 21.5. The number of anilines is 1. The molecule has 200 valence electrons. The molecule has 0 amide bonds. The van der Waals surface area contributed by atoms with Crippen molar-refractivity contribution in [1.82, 2.24) is 18.8 Å². The number of nitrogens with zero attached hydrogens (tertiary/aromatic N) is 5. The maximum absolute atomic E-state index is 12.8. The first-order chi connectivity index (χ1) is 17.4. The first-order valence-electron chi connectivity index (χ1n) is 11.8. The summed E-state index contributed by atoms with van der Waals surface area (Å²) in [6, 6.07) is 7.07. The highest BCUT2D eigenvalue weighted by Gasteiger charge is 2.32. The summed E-state index contributed by atoms with van der Waals surface area (Å²) in [5, 5.41) is 0. The van der Waals surface area contributed by atoms with E-state index in [4.69, 9.17) is 4.74 Å². The standard InChI is InChI=1S/C24H28F3N5O4S/c1-4-32-20-7-6-18(37(34,35)30(2)3)13-19(20)29-22(32)15-36-23(33)16-9-11-31(12-10-16)21-8-5-17(14-28-21)24(25,26)27/h5-8,13-14,16H,4,9-12,15H2,1-3H3. The molecule has 0 spiro atoms. The molecule has 1 saturated heterocycles. The van der Waals surface area contributed by atoms with Gasteiger partial charge >= 0.3 is 12.1 Å². The number of imidazole rings is 1. The zero-order chi connectivity index (χ0) is 27.0. The Morgan fingerprint density at radius 1 is 1.16 bits per heavy atom. The molecule has 0 atom stereocenters. The normalized spacial score (nSPS) is 15.5. The lowest BCUT2D eigenvalue weighted by Gasteiger charge is -2.31. The van der Waals surface area contributed by atoms with Gasteiger partial charge in [-0.3, -0.25) is 4.79 Å². The van der Waals surface area contributed by atoms with E-state index in [0.29, 0.717) is 49.6 Å². The van der Waals surface area contributed by atoms with E-state index in [1.807, 2.05) is 16.4 Å². The second kappa shape index (κ2) is 10.3. The van der Waals surface area contributed by atoms with Crippen LogP contribution >= 0.6 is 0 Å². The highest BCUT2D eigenvalue weighted by Crippen LogP contribution is 2.30. The van der Waals surface area contributed by atoms with Crippen molar-refractivity contribution in [2.75, 3.05) is 32.1 Å². The third-order valence-electron chi connectivity index (χ3n) is 6.46. The fraction of sp³-hybridized carbons (Fsp3) is 0.458. The first kappa shape index (κ1) is 26.9. The van der Waals surface area contributed by atoms with Crippen molar-refractivity contribution in [3.05, 3.63) is 47.9 Å². The fourth-order valence-electron chi connectivity index (χ4n) is 4.33. The quantitative estimate of drug-likeness (QED) is 0.423. The smallest absolute Gasteiger partial charge is 0.417 e. The predicted molar refractivity (Wildman–Crippen MR) is 130 cm³/mol. The number of sulfonamides is 1. The number of piperidine rings is 1. The van der Waals surface area contributed by atoms with Gasteiger partial charge in [0.15, 0.2) is 0 Å². The van der Waals surface area contributed by atoms with Gasteiger partial charge < -0.3 is 14.2 Å². The lowest BCUT2D eigenvalue weighted by atomic mass is 9.97. The summed E-state index contributed by atoms with van der Waals surface area (Å²) in [4.78, 5) is 23.2. The summed E-state index contributed by atoms with van der Waals surface area (Å²) < 4.78 is 71.8. The maximum Gasteiger partial charge on any atom is 0.417 e. The Hall–Kier alpha value is -3.19. The summed E-state index contributed by atoms with van der Waals surface area (Å²) in [5.74, 6) is 0.233. The Bertz CT molecular complexity index is 1380. The molecule has 4 rings (SSSR count). The molecule has 1 fully saturated rings. The molecular weight excluding hydrogens is 511 g/mol. The lowest BCUT2D eigenvalue weighted by Crippen LogP contribution is -2.37. The molecule has 0 bridgehead atoms. The Morgan fingerprint density at radius 3 is 2.43 bits per heavy atom. The van der Waals surface area contributed by atoms with Crippen LogP contribution in [-0.2, 0) is 38.9 Å². The summed E-state index contributed by atoms with van der Waals surface area (Å²) in [6.07, 6.45) is -2.66. The van der Waals surface area contributed by atoms with E-state index in [9.17, 15) is 26.4 Å². The predicted octanol–water partition coefficient (Wildman–Crippen LogP) is 3.68. The third kappa shape index (κ3) is 5.57. The first-order valence-corrected chi connectivity index (χ1v) is 13.2. The van der Waals surface area contributed by atoms with E-state index in [0.717, 1.165) is 22.1 Å². The molecule has 1 aliphatic heterocycles. The van der Waals surface area contributed by atoms with Gasteiger partial charge in [0.25, 0.3) is 0 Å². The van der Waals surface area contributed by atoms with Crippen molar-refractivity contribution in [1.29, 1.82) is 0 Å². The van der Waals surface area contributed by atoms with Gasteiger partial charge in [0.2, 0.25) is 10.0 Å². The van der Waals surface area contributed by atoms with E-state index in [-0.39, 0.29) is 23.4 Å². The molecule has 0 unspecified atom stereocenters. The second-order valence-corrected chi connectivity index (χ2v) is 11.1. The number of pyridine rings is 1. The molecule has 1 aliphatic rings. The minimum Gasteiger partial charge on any atom is -0.457 e. The molecule has 3 aromatic rings. The molecule has 2 aromatic heterocycles. The third-order valence-corrected chi connectivity index (χ3v) is 8.28. The number of ether oxygens (including phenoxy) is 1. The van der Waals surface area contributed by atoms with Gasteiger partial charge in [-0.2, -0.15) is 13.2 Å². The van der Waals surface area contributed by atoms with Crippen LogP contribution in [0.4, 0.5) is 19.0 Å². The average Bonchev–Trinajstić information content (AvgIpc) is 3.23. The Balaban J connectivity index is 1.38. The van der Waals surface area contributed by atoms with Gasteiger partial charge in [0.1, 0.15) is 18.2 Å². The van der Waals surface area contributed by atoms with E-state index < -0.39 is 21.8 Å². The largest absolute Gasteiger partial charge is 0.457 e. The zero-order valence-electron chi connectivity index (χ0n) is 20.7. The van der Waals surface area contributed by atoms with Gasteiger partial charge in [0.05, 0.1) is 27.4 Å². The molecule has 1 aromatic carbocycles. The molecule has 13 heteroatoms. The van der Waals surface area contributed by atoms with Gasteiger partial charge in [-0.25, -0.2) is 22.7 Å². The van der Waals surface area contributed by atoms with Crippen LogP contribution in [-0.4, -0.2) is 60.4 Å². The number of fused-ring (bicyclic) bond motifs is 1. The van der Waals surface area contributed by atoms with Crippen molar-refractivity contribution in [3.63, 3.8) is 0 Å². The van der Waals surface area contributed by atoms with Crippen molar-refractivity contribution in [3.8, 4) is 0 Å². The van der Waals surface area contributed by atoms with E-state index in [1.165, 1.54) is 32.3 Å². The van der Waals surface area contributed by atoms with Gasteiger partial charge in [-0.1, -0.05) is 0 Å². The van der Waals surface area contributed by atoms with Crippen LogP contribution in [0.5, 0.6) is 0 Å².